The fraction of sp³-hybridized carbons (Fsp3) is 0.733. The molecule has 0 amide bonds. The van der Waals surface area contributed by atoms with Gasteiger partial charge in [0.15, 0.2) is 0 Å². The molecule has 2 rings (SSSR count). The lowest BCUT2D eigenvalue weighted by atomic mass is 10.0. The van der Waals surface area contributed by atoms with Gasteiger partial charge in [-0.25, -0.2) is 0 Å². The van der Waals surface area contributed by atoms with Crippen molar-refractivity contribution < 1.29 is 0 Å². The Bertz CT molecular complexity index is 340. The van der Waals surface area contributed by atoms with Gasteiger partial charge < -0.3 is 10.2 Å². The lowest BCUT2D eigenvalue weighted by molar-refractivity contribution is 0.208. The van der Waals surface area contributed by atoms with E-state index in [0.717, 1.165) is 6.54 Å². The molecule has 2 atom stereocenters. The fourth-order valence-corrected chi connectivity index (χ4v) is 4.66. The van der Waals surface area contributed by atoms with Crippen LogP contribution in [0, 0.1) is 0 Å². The van der Waals surface area contributed by atoms with Gasteiger partial charge in [-0.15, -0.1) is 0 Å². The van der Waals surface area contributed by atoms with E-state index in [-0.39, 0.29) is 0 Å². The van der Waals surface area contributed by atoms with E-state index in [2.05, 4.69) is 52.8 Å². The normalized spacial score (nSPS) is 22.5. The van der Waals surface area contributed by atoms with Crippen LogP contribution in [-0.4, -0.2) is 48.6 Å². The van der Waals surface area contributed by atoms with Gasteiger partial charge in [0.05, 0.1) is 0 Å². The molecular formula is C15H26N2S2. The highest BCUT2D eigenvalue weighted by Gasteiger charge is 2.27. The molecule has 19 heavy (non-hydrogen) atoms. The number of nitrogens with one attached hydrogen (secondary N) is 1. The van der Waals surface area contributed by atoms with Crippen molar-refractivity contribution in [2.75, 3.05) is 31.6 Å². The van der Waals surface area contributed by atoms with E-state index in [4.69, 9.17) is 0 Å². The highest BCUT2D eigenvalue weighted by molar-refractivity contribution is 7.99. The molecule has 1 fully saturated rings. The number of thiophene rings is 1. The highest BCUT2D eigenvalue weighted by Crippen LogP contribution is 2.20. The standard InChI is InChI=1S/C15H26N2S2/c1-3-7-16-14(5-4-13-6-9-18-11-13)15-12-19-10-8-17(15)2/h6,9,11,14-16H,3-5,7-8,10,12H2,1-2H3. The van der Waals surface area contributed by atoms with Gasteiger partial charge in [0.1, 0.15) is 0 Å². The first kappa shape index (κ1) is 15.4. The van der Waals surface area contributed by atoms with Crippen molar-refractivity contribution >= 4 is 23.1 Å². The summed E-state index contributed by atoms with van der Waals surface area (Å²) in [6.45, 7) is 4.63. The minimum absolute atomic E-state index is 0.637. The fourth-order valence-electron chi connectivity index (χ4n) is 2.65. The van der Waals surface area contributed by atoms with E-state index in [1.54, 1.807) is 0 Å². The molecule has 1 aliphatic heterocycles. The number of rotatable bonds is 7. The lowest BCUT2D eigenvalue weighted by Crippen LogP contribution is -2.53. The van der Waals surface area contributed by atoms with Crippen molar-refractivity contribution in [1.29, 1.82) is 0 Å². The van der Waals surface area contributed by atoms with Crippen LogP contribution in [0.5, 0.6) is 0 Å². The Morgan fingerprint density at radius 1 is 1.53 bits per heavy atom. The third-order valence-corrected chi connectivity index (χ3v) is 5.67. The number of nitrogens with zero attached hydrogens (tertiary/aromatic N) is 1. The Hall–Kier alpha value is -0.0300. The van der Waals surface area contributed by atoms with Gasteiger partial charge in [-0.1, -0.05) is 6.92 Å². The average Bonchev–Trinajstić information content (AvgIpc) is 2.93. The van der Waals surface area contributed by atoms with E-state index in [9.17, 15) is 0 Å². The number of thioether (sulfide) groups is 1. The summed E-state index contributed by atoms with van der Waals surface area (Å²) in [4.78, 5) is 2.55. The second-order valence-electron chi connectivity index (χ2n) is 5.35. The Kier molecular flexibility index (Phi) is 6.71. The maximum atomic E-state index is 3.78. The third-order valence-electron chi connectivity index (χ3n) is 3.89. The molecule has 0 aromatic carbocycles. The van der Waals surface area contributed by atoms with Gasteiger partial charge in [0, 0.05) is 30.1 Å². The summed E-state index contributed by atoms with van der Waals surface area (Å²) in [5.41, 5.74) is 1.50. The number of likely N-dealkylation sites (N-methyl/N-ethyl adjacent to an activating group) is 1. The summed E-state index contributed by atoms with van der Waals surface area (Å²) < 4.78 is 0. The molecule has 0 spiro atoms. The predicted molar refractivity (Wildman–Crippen MR) is 88.5 cm³/mol. The van der Waals surface area contributed by atoms with Crippen LogP contribution >= 0.6 is 23.1 Å². The molecule has 1 aliphatic rings. The summed E-state index contributed by atoms with van der Waals surface area (Å²) in [5.74, 6) is 2.57. The second-order valence-corrected chi connectivity index (χ2v) is 7.28. The van der Waals surface area contributed by atoms with Crippen molar-refractivity contribution in [1.82, 2.24) is 10.2 Å². The largest absolute Gasteiger partial charge is 0.312 e. The van der Waals surface area contributed by atoms with E-state index >= 15 is 0 Å². The van der Waals surface area contributed by atoms with Gasteiger partial charge in [-0.05, 0) is 55.2 Å². The van der Waals surface area contributed by atoms with Gasteiger partial charge in [0.25, 0.3) is 0 Å². The van der Waals surface area contributed by atoms with Crippen molar-refractivity contribution in [2.45, 2.75) is 38.3 Å². The van der Waals surface area contributed by atoms with Gasteiger partial charge in [-0.2, -0.15) is 23.1 Å². The summed E-state index contributed by atoms with van der Waals surface area (Å²) in [7, 11) is 2.29. The molecule has 2 nitrogen and oxygen atoms in total. The summed E-state index contributed by atoms with van der Waals surface area (Å²) in [5, 5.41) is 8.26. The zero-order chi connectivity index (χ0) is 13.5. The number of hydrogen-bond acceptors (Lipinski definition) is 4. The molecule has 1 N–H and O–H groups in total. The molecule has 0 bridgehead atoms. The maximum absolute atomic E-state index is 3.78. The van der Waals surface area contributed by atoms with Crippen molar-refractivity contribution in [3.63, 3.8) is 0 Å². The molecule has 108 valence electrons. The lowest BCUT2D eigenvalue weighted by Gasteiger charge is -2.38. The van der Waals surface area contributed by atoms with Crippen molar-refractivity contribution in [3.05, 3.63) is 22.4 Å². The quantitative estimate of drug-likeness (QED) is 0.833. The Morgan fingerprint density at radius 3 is 3.11 bits per heavy atom. The third kappa shape index (κ3) is 4.78. The summed E-state index contributed by atoms with van der Waals surface area (Å²) >= 11 is 3.92. The van der Waals surface area contributed by atoms with E-state index in [0.29, 0.717) is 12.1 Å². The van der Waals surface area contributed by atoms with Crippen LogP contribution in [0.25, 0.3) is 0 Å². The average molecular weight is 299 g/mol. The molecule has 0 radical (unpaired) electrons. The van der Waals surface area contributed by atoms with Crippen LogP contribution in [0.15, 0.2) is 16.8 Å². The zero-order valence-electron chi connectivity index (χ0n) is 12.1. The Labute approximate surface area is 126 Å². The second kappa shape index (κ2) is 8.30. The van der Waals surface area contributed by atoms with Gasteiger partial charge in [-0.3, -0.25) is 0 Å². The topological polar surface area (TPSA) is 15.3 Å². The summed E-state index contributed by atoms with van der Waals surface area (Å²) in [6.07, 6.45) is 3.69. The Balaban J connectivity index is 1.89. The monoisotopic (exact) mass is 298 g/mol. The zero-order valence-corrected chi connectivity index (χ0v) is 13.7. The summed E-state index contributed by atoms with van der Waals surface area (Å²) in [6, 6.07) is 3.60. The van der Waals surface area contributed by atoms with Crippen LogP contribution in [0.3, 0.4) is 0 Å². The maximum Gasteiger partial charge on any atom is 0.0337 e. The molecule has 2 heterocycles. The van der Waals surface area contributed by atoms with Crippen LogP contribution in [-0.2, 0) is 6.42 Å². The molecule has 1 aromatic rings. The molecular weight excluding hydrogens is 272 g/mol. The molecule has 2 unspecified atom stereocenters. The van der Waals surface area contributed by atoms with E-state index in [1.165, 1.54) is 42.9 Å². The van der Waals surface area contributed by atoms with Gasteiger partial charge in [0.2, 0.25) is 0 Å². The first-order valence-electron chi connectivity index (χ1n) is 7.33. The highest BCUT2D eigenvalue weighted by atomic mass is 32.2. The molecule has 0 saturated carbocycles. The van der Waals surface area contributed by atoms with Gasteiger partial charge >= 0.3 is 0 Å². The van der Waals surface area contributed by atoms with E-state index in [1.807, 2.05) is 11.3 Å². The minimum atomic E-state index is 0.637. The predicted octanol–water partition coefficient (Wildman–Crippen LogP) is 3.10. The van der Waals surface area contributed by atoms with Crippen molar-refractivity contribution in [3.8, 4) is 0 Å². The smallest absolute Gasteiger partial charge is 0.0337 e. The van der Waals surface area contributed by atoms with Crippen LogP contribution in [0.2, 0.25) is 0 Å². The van der Waals surface area contributed by atoms with E-state index < -0.39 is 0 Å². The molecule has 1 aromatic heterocycles. The van der Waals surface area contributed by atoms with Crippen molar-refractivity contribution in [2.24, 2.45) is 0 Å². The molecule has 1 saturated heterocycles. The first-order valence-corrected chi connectivity index (χ1v) is 9.43. The SMILES string of the molecule is CCCNC(CCc1ccsc1)C1CSCCN1C. The van der Waals surface area contributed by atoms with Crippen LogP contribution < -0.4 is 5.32 Å². The molecule has 4 heteroatoms. The number of aryl methyl sites for hydroxylation is 1. The van der Waals surface area contributed by atoms with Crippen LogP contribution in [0.1, 0.15) is 25.3 Å². The Morgan fingerprint density at radius 2 is 2.42 bits per heavy atom. The number of hydrogen-bond donors (Lipinski definition) is 1. The van der Waals surface area contributed by atoms with Crippen LogP contribution in [0.4, 0.5) is 0 Å². The first-order chi connectivity index (χ1) is 9.31. The minimum Gasteiger partial charge on any atom is -0.312 e. The molecule has 0 aliphatic carbocycles.